The number of carbonyl (C=O) groups excluding carboxylic acids is 1. The molecule has 0 aliphatic carbocycles. The zero-order chi connectivity index (χ0) is 26.9. The number of aliphatic hydroxyl groups is 2. The minimum absolute atomic E-state index is 0.0588. The van der Waals surface area contributed by atoms with E-state index >= 15 is 0 Å². The van der Waals surface area contributed by atoms with Gasteiger partial charge in [-0.2, -0.15) is 0 Å². The number of hydrogen-bond acceptors (Lipinski definition) is 9. The van der Waals surface area contributed by atoms with Gasteiger partial charge in [-0.3, -0.25) is 9.36 Å². The molecule has 11 nitrogen and oxygen atoms in total. The largest absolute Gasteiger partial charge is 0.508 e. The Bertz CT molecular complexity index is 1650. The number of carbonyl (C=O) groups is 1. The van der Waals surface area contributed by atoms with E-state index in [1.807, 2.05) is 18.2 Å². The monoisotopic (exact) mass is 526 g/mol. The third-order valence-corrected chi connectivity index (χ3v) is 6.92. The number of imidazole rings is 1. The fraction of sp³-hybridized carbons (Fsp3) is 0.214. The van der Waals surface area contributed by atoms with Crippen molar-refractivity contribution in [1.82, 2.24) is 24.8 Å². The van der Waals surface area contributed by atoms with Crippen LogP contribution in [0, 0.1) is 0 Å². The first kappa shape index (κ1) is 24.7. The molecule has 1 aliphatic heterocycles. The molecule has 3 aromatic carbocycles. The van der Waals surface area contributed by atoms with Crippen LogP contribution in [0.5, 0.6) is 5.75 Å². The fourth-order valence-electron chi connectivity index (χ4n) is 4.97. The van der Waals surface area contributed by atoms with E-state index in [2.05, 4.69) is 49.9 Å². The Kier molecular flexibility index (Phi) is 6.53. The smallest absolute Gasteiger partial charge is 0.251 e. The summed E-state index contributed by atoms with van der Waals surface area (Å²) in [5.41, 5.74) is 2.23. The van der Waals surface area contributed by atoms with Crippen LogP contribution in [0.1, 0.15) is 22.1 Å². The van der Waals surface area contributed by atoms with Crippen LogP contribution in [0.2, 0.25) is 0 Å². The van der Waals surface area contributed by atoms with Gasteiger partial charge in [-0.25, -0.2) is 15.0 Å². The van der Waals surface area contributed by atoms with E-state index in [-0.39, 0.29) is 11.3 Å². The van der Waals surface area contributed by atoms with E-state index in [1.54, 1.807) is 16.7 Å². The second-order valence-electron chi connectivity index (χ2n) is 9.33. The number of hydrogen-bond donors (Lipinski definition) is 5. The van der Waals surface area contributed by atoms with Gasteiger partial charge in [0.2, 0.25) is 0 Å². The molecule has 3 heterocycles. The van der Waals surface area contributed by atoms with Gasteiger partial charge in [0.1, 0.15) is 30.3 Å². The predicted octanol–water partition coefficient (Wildman–Crippen LogP) is 2.35. The van der Waals surface area contributed by atoms with Crippen LogP contribution in [-0.4, -0.2) is 65.6 Å². The van der Waals surface area contributed by atoms with Crippen molar-refractivity contribution in [3.63, 3.8) is 0 Å². The summed E-state index contributed by atoms with van der Waals surface area (Å²) in [7, 11) is 0. The first-order valence-corrected chi connectivity index (χ1v) is 12.5. The number of amides is 1. The topological polar surface area (TPSA) is 155 Å². The number of anilines is 1. The molecule has 0 saturated carbocycles. The van der Waals surface area contributed by atoms with Crippen molar-refractivity contribution in [2.24, 2.45) is 0 Å². The Balaban J connectivity index is 1.29. The molecular formula is C28H26N6O5. The molecule has 11 heteroatoms. The Morgan fingerprint density at radius 3 is 2.69 bits per heavy atom. The maximum Gasteiger partial charge on any atom is 0.251 e. The number of ether oxygens (including phenoxy) is 1. The zero-order valence-electron chi connectivity index (χ0n) is 20.7. The summed E-state index contributed by atoms with van der Waals surface area (Å²) in [6, 6.07) is 19.2. The average Bonchev–Trinajstić information content (AvgIpc) is 3.52. The highest BCUT2D eigenvalue weighted by Gasteiger charge is 2.46. The van der Waals surface area contributed by atoms with Crippen molar-refractivity contribution >= 4 is 33.7 Å². The highest BCUT2D eigenvalue weighted by molar-refractivity contribution is 5.95. The molecule has 1 fully saturated rings. The summed E-state index contributed by atoms with van der Waals surface area (Å²) in [5, 5.41) is 38.8. The lowest BCUT2D eigenvalue weighted by atomic mass is 10.0. The van der Waals surface area contributed by atoms with Crippen LogP contribution in [0.3, 0.4) is 0 Å². The molecule has 39 heavy (non-hydrogen) atoms. The number of benzene rings is 3. The third kappa shape index (κ3) is 4.63. The van der Waals surface area contributed by atoms with Crippen LogP contribution >= 0.6 is 0 Å². The number of fused-ring (bicyclic) bond motifs is 2. The van der Waals surface area contributed by atoms with Gasteiger partial charge in [-0.05, 0) is 34.5 Å². The van der Waals surface area contributed by atoms with Crippen LogP contribution < -0.4 is 10.6 Å². The van der Waals surface area contributed by atoms with Crippen molar-refractivity contribution in [3.8, 4) is 5.75 Å². The number of aromatic nitrogens is 4. The van der Waals surface area contributed by atoms with Crippen molar-refractivity contribution in [3.05, 3.63) is 90.5 Å². The molecule has 1 saturated heterocycles. The summed E-state index contributed by atoms with van der Waals surface area (Å²) in [5.74, 6) is -0.0561. The third-order valence-electron chi connectivity index (χ3n) is 6.92. The van der Waals surface area contributed by atoms with E-state index in [0.717, 1.165) is 16.3 Å². The summed E-state index contributed by atoms with van der Waals surface area (Å²) in [6.45, 7) is 0.0593. The maximum absolute atomic E-state index is 12.9. The Morgan fingerprint density at radius 1 is 1.03 bits per heavy atom. The van der Waals surface area contributed by atoms with Gasteiger partial charge in [-0.15, -0.1) is 0 Å². The van der Waals surface area contributed by atoms with Crippen molar-refractivity contribution in [1.29, 1.82) is 0 Å². The predicted molar refractivity (Wildman–Crippen MR) is 143 cm³/mol. The number of aromatic hydroxyl groups is 1. The van der Waals surface area contributed by atoms with Gasteiger partial charge >= 0.3 is 0 Å². The molecule has 5 aromatic rings. The molecule has 4 atom stereocenters. The van der Waals surface area contributed by atoms with E-state index in [9.17, 15) is 20.1 Å². The van der Waals surface area contributed by atoms with Gasteiger partial charge in [0.05, 0.1) is 12.9 Å². The lowest BCUT2D eigenvalue weighted by Crippen LogP contribution is -2.46. The van der Waals surface area contributed by atoms with Crippen LogP contribution in [-0.2, 0) is 11.3 Å². The molecule has 0 radical (unpaired) electrons. The van der Waals surface area contributed by atoms with Crippen LogP contribution in [0.25, 0.3) is 21.9 Å². The molecule has 5 N–H and O–H groups in total. The van der Waals surface area contributed by atoms with Gasteiger partial charge in [0, 0.05) is 12.1 Å². The van der Waals surface area contributed by atoms with Gasteiger partial charge in [-0.1, -0.05) is 48.5 Å². The molecule has 0 spiro atoms. The van der Waals surface area contributed by atoms with Crippen molar-refractivity contribution < 1.29 is 24.9 Å². The molecule has 198 valence electrons. The highest BCUT2D eigenvalue weighted by Crippen LogP contribution is 2.33. The van der Waals surface area contributed by atoms with E-state index < -0.39 is 37.0 Å². The molecule has 2 aromatic heterocycles. The number of nitrogens with one attached hydrogen (secondary N) is 2. The number of phenolic OH excluding ortho intramolecular Hbond substituents is 1. The lowest BCUT2D eigenvalue weighted by molar-refractivity contribution is -0.0440. The fourth-order valence-corrected chi connectivity index (χ4v) is 4.97. The number of rotatable bonds is 7. The molecule has 1 aliphatic rings. The maximum atomic E-state index is 12.9. The first-order chi connectivity index (χ1) is 19.0. The zero-order valence-corrected chi connectivity index (χ0v) is 20.7. The SMILES string of the molecule is O=C(N[C@@H]1[C@H](O)[C@@H](CO)O[C@H]1n1cnc2c(NCc3cccc4ccccc34)ncnc21)c1cccc(O)c1. The van der Waals surface area contributed by atoms with Crippen molar-refractivity contribution in [2.75, 3.05) is 11.9 Å². The lowest BCUT2D eigenvalue weighted by Gasteiger charge is -2.23. The summed E-state index contributed by atoms with van der Waals surface area (Å²) >= 11 is 0. The quantitative estimate of drug-likeness (QED) is 0.215. The van der Waals surface area contributed by atoms with E-state index in [4.69, 9.17) is 4.74 Å². The van der Waals surface area contributed by atoms with Crippen LogP contribution in [0.4, 0.5) is 5.82 Å². The molecule has 1 amide bonds. The number of nitrogens with zero attached hydrogens (tertiary/aromatic N) is 4. The highest BCUT2D eigenvalue weighted by atomic mass is 16.5. The summed E-state index contributed by atoms with van der Waals surface area (Å²) in [4.78, 5) is 26.2. The van der Waals surface area contributed by atoms with Gasteiger partial charge in [0.15, 0.2) is 23.2 Å². The minimum Gasteiger partial charge on any atom is -0.508 e. The molecule has 0 unspecified atom stereocenters. The average molecular weight is 527 g/mol. The summed E-state index contributed by atoms with van der Waals surface area (Å²) in [6.07, 6.45) is -0.143. The standard InChI is InChI=1S/C28H26N6O5/c35-13-21-24(37)22(33-27(38)17-7-4-9-19(36)11-17)28(39-21)34-15-32-23-25(30-14-31-26(23)34)29-12-18-8-3-6-16-5-1-2-10-20(16)18/h1-11,14-15,21-22,24,28,35-37H,12-13H2,(H,33,38)(H,29,30,31)/t21-,22-,24-,28-/m1/s1. The van der Waals surface area contributed by atoms with E-state index in [1.165, 1.54) is 24.8 Å². The number of phenols is 1. The van der Waals surface area contributed by atoms with Gasteiger partial charge < -0.3 is 30.7 Å². The van der Waals surface area contributed by atoms with Crippen molar-refractivity contribution in [2.45, 2.75) is 31.0 Å². The Hall–Kier alpha value is -4.58. The van der Waals surface area contributed by atoms with Crippen LogP contribution in [0.15, 0.2) is 79.4 Å². The van der Waals surface area contributed by atoms with E-state index in [0.29, 0.717) is 23.5 Å². The normalized spacial score (nSPS) is 20.9. The molecule has 0 bridgehead atoms. The second-order valence-corrected chi connectivity index (χ2v) is 9.33. The minimum atomic E-state index is -1.20. The Morgan fingerprint density at radius 2 is 1.85 bits per heavy atom. The second kappa shape index (κ2) is 10.3. The molecular weight excluding hydrogens is 500 g/mol. The molecule has 6 rings (SSSR count). The first-order valence-electron chi connectivity index (χ1n) is 12.5. The Labute approximate surface area is 222 Å². The van der Waals surface area contributed by atoms with Gasteiger partial charge in [0.25, 0.3) is 5.91 Å². The number of aliphatic hydroxyl groups excluding tert-OH is 2. The summed E-state index contributed by atoms with van der Waals surface area (Å²) < 4.78 is 7.55.